The van der Waals surface area contributed by atoms with Crippen LogP contribution in [0, 0.1) is 5.92 Å². The molecule has 3 aromatic carbocycles. The molecular formula is C27H26O4. The van der Waals surface area contributed by atoms with Gasteiger partial charge in [0.2, 0.25) is 17.5 Å². The van der Waals surface area contributed by atoms with Gasteiger partial charge in [-0.1, -0.05) is 98.8 Å². The van der Waals surface area contributed by atoms with Crippen molar-refractivity contribution in [1.82, 2.24) is 0 Å². The highest BCUT2D eigenvalue weighted by atomic mass is 16.6. The van der Waals surface area contributed by atoms with Crippen LogP contribution in [0.2, 0.25) is 0 Å². The first-order valence-corrected chi connectivity index (χ1v) is 10.6. The van der Waals surface area contributed by atoms with Crippen LogP contribution in [-0.4, -0.2) is 17.9 Å². The van der Waals surface area contributed by atoms with Gasteiger partial charge in [0.1, 0.15) is 0 Å². The lowest BCUT2D eigenvalue weighted by Gasteiger charge is -2.27. The van der Waals surface area contributed by atoms with Crippen molar-refractivity contribution in [1.29, 1.82) is 0 Å². The van der Waals surface area contributed by atoms with E-state index in [1.165, 1.54) is 5.56 Å². The molecule has 2 atom stereocenters. The minimum atomic E-state index is -1.50. The molecule has 0 bridgehead atoms. The summed E-state index contributed by atoms with van der Waals surface area (Å²) < 4.78 is 11.6. The number of carbonyl (C=O) groups excluding carboxylic acids is 2. The summed E-state index contributed by atoms with van der Waals surface area (Å²) in [5.74, 6) is -0.525. The van der Waals surface area contributed by atoms with Crippen LogP contribution in [0.3, 0.4) is 0 Å². The minimum absolute atomic E-state index is 0.157. The Morgan fingerprint density at radius 1 is 0.806 bits per heavy atom. The third-order valence-electron chi connectivity index (χ3n) is 5.50. The number of rotatable bonds is 7. The first kappa shape index (κ1) is 21.0. The summed E-state index contributed by atoms with van der Waals surface area (Å²) in [6.07, 6.45) is -0.328. The van der Waals surface area contributed by atoms with Gasteiger partial charge in [0.25, 0.3) is 0 Å². The van der Waals surface area contributed by atoms with Gasteiger partial charge in [0.15, 0.2) is 0 Å². The summed E-state index contributed by atoms with van der Waals surface area (Å²) in [6, 6.07) is 26.4. The molecule has 0 amide bonds. The van der Waals surface area contributed by atoms with E-state index in [1.807, 2.05) is 84.9 Å². The lowest BCUT2D eigenvalue weighted by Crippen LogP contribution is -2.38. The van der Waals surface area contributed by atoms with Crippen LogP contribution in [0.25, 0.3) is 0 Å². The van der Waals surface area contributed by atoms with Crippen molar-refractivity contribution in [2.75, 3.05) is 0 Å². The van der Waals surface area contributed by atoms with E-state index in [4.69, 9.17) is 9.47 Å². The average molecular weight is 415 g/mol. The van der Waals surface area contributed by atoms with Gasteiger partial charge in [0, 0.05) is 11.1 Å². The molecule has 158 valence electrons. The Morgan fingerprint density at radius 2 is 1.39 bits per heavy atom. The fraction of sp³-hybridized carbons (Fsp3) is 0.259. The first-order chi connectivity index (χ1) is 15.0. The van der Waals surface area contributed by atoms with Gasteiger partial charge in [-0.15, -0.1) is 0 Å². The van der Waals surface area contributed by atoms with E-state index >= 15 is 0 Å². The van der Waals surface area contributed by atoms with Crippen LogP contribution in [0.15, 0.2) is 84.9 Å². The molecular weight excluding hydrogens is 388 g/mol. The summed E-state index contributed by atoms with van der Waals surface area (Å²) in [5, 5.41) is 0. The van der Waals surface area contributed by atoms with Crippen LogP contribution in [0.4, 0.5) is 0 Å². The van der Waals surface area contributed by atoms with Crippen LogP contribution in [-0.2, 0) is 37.7 Å². The number of esters is 1. The zero-order valence-electron chi connectivity index (χ0n) is 17.8. The van der Waals surface area contributed by atoms with Gasteiger partial charge in [-0.3, -0.25) is 4.79 Å². The SMILES string of the molecule is CC(C)Cc1ccc(C2(c3ccccc3)OC(=O)C(OCc3ccccc3)C2=O)cc1. The lowest BCUT2D eigenvalue weighted by molar-refractivity contribution is -0.153. The van der Waals surface area contributed by atoms with Gasteiger partial charge < -0.3 is 9.47 Å². The maximum absolute atomic E-state index is 13.7. The van der Waals surface area contributed by atoms with Gasteiger partial charge >= 0.3 is 5.97 Å². The van der Waals surface area contributed by atoms with E-state index in [9.17, 15) is 9.59 Å². The van der Waals surface area contributed by atoms with E-state index in [1.54, 1.807) is 0 Å². The molecule has 0 saturated carbocycles. The number of carbonyl (C=O) groups is 2. The van der Waals surface area contributed by atoms with E-state index < -0.39 is 23.5 Å². The number of benzene rings is 3. The Labute approximate surface area is 182 Å². The molecule has 31 heavy (non-hydrogen) atoms. The maximum Gasteiger partial charge on any atom is 0.344 e. The minimum Gasteiger partial charge on any atom is -0.439 e. The molecule has 1 aliphatic heterocycles. The molecule has 1 saturated heterocycles. The number of ether oxygens (including phenoxy) is 2. The largest absolute Gasteiger partial charge is 0.439 e. The van der Waals surface area contributed by atoms with Crippen molar-refractivity contribution in [3.8, 4) is 0 Å². The van der Waals surface area contributed by atoms with Crippen molar-refractivity contribution < 1.29 is 19.1 Å². The van der Waals surface area contributed by atoms with Gasteiger partial charge in [-0.05, 0) is 23.5 Å². The Balaban J connectivity index is 1.69. The third kappa shape index (κ3) is 4.17. The number of Topliss-reactive ketones (excluding diaryl/α,β-unsaturated/α-hetero) is 1. The average Bonchev–Trinajstić information content (AvgIpc) is 3.04. The van der Waals surface area contributed by atoms with Crippen molar-refractivity contribution in [3.63, 3.8) is 0 Å². The number of ketones is 1. The molecule has 1 heterocycles. The quantitative estimate of drug-likeness (QED) is 0.410. The smallest absolute Gasteiger partial charge is 0.344 e. The fourth-order valence-corrected chi connectivity index (χ4v) is 4.03. The second kappa shape index (κ2) is 8.86. The van der Waals surface area contributed by atoms with Crippen molar-refractivity contribution in [3.05, 3.63) is 107 Å². The Kier molecular flexibility index (Phi) is 6.01. The second-order valence-corrected chi connectivity index (χ2v) is 8.30. The van der Waals surface area contributed by atoms with Gasteiger partial charge in [-0.2, -0.15) is 0 Å². The van der Waals surface area contributed by atoms with E-state index in [0.717, 1.165) is 12.0 Å². The van der Waals surface area contributed by atoms with E-state index in [-0.39, 0.29) is 6.61 Å². The van der Waals surface area contributed by atoms with E-state index in [0.29, 0.717) is 17.0 Å². The summed E-state index contributed by atoms with van der Waals surface area (Å²) in [6.45, 7) is 4.48. The van der Waals surface area contributed by atoms with E-state index in [2.05, 4.69) is 13.8 Å². The molecule has 3 aromatic rings. The summed E-state index contributed by atoms with van der Waals surface area (Å²) in [7, 11) is 0. The third-order valence-corrected chi connectivity index (χ3v) is 5.50. The number of hydrogen-bond donors (Lipinski definition) is 0. The normalized spacial score (nSPS) is 20.8. The Bertz CT molecular complexity index is 1040. The number of cyclic esters (lactones) is 1. The highest BCUT2D eigenvalue weighted by Gasteiger charge is 2.58. The predicted octanol–water partition coefficient (Wildman–Crippen LogP) is 4.84. The standard InChI is InChI=1S/C27H26O4/c1-19(2)17-20-13-15-23(16-14-20)27(22-11-7-4-8-12-22)25(28)24(26(29)31-27)30-18-21-9-5-3-6-10-21/h3-16,19,24H,17-18H2,1-2H3. The van der Waals surface area contributed by atoms with Crippen molar-refractivity contribution in [2.45, 2.75) is 38.6 Å². The molecule has 0 radical (unpaired) electrons. The molecule has 2 unspecified atom stereocenters. The Morgan fingerprint density at radius 3 is 2.00 bits per heavy atom. The summed E-state index contributed by atoms with van der Waals surface area (Å²) in [5.41, 5.74) is 1.82. The van der Waals surface area contributed by atoms with Crippen molar-refractivity contribution in [2.24, 2.45) is 5.92 Å². The zero-order valence-corrected chi connectivity index (χ0v) is 17.8. The van der Waals surface area contributed by atoms with Crippen molar-refractivity contribution >= 4 is 11.8 Å². The van der Waals surface area contributed by atoms with Crippen LogP contribution < -0.4 is 0 Å². The Hall–Kier alpha value is -3.24. The molecule has 0 aliphatic carbocycles. The molecule has 0 N–H and O–H groups in total. The first-order valence-electron chi connectivity index (χ1n) is 10.6. The summed E-state index contributed by atoms with van der Waals surface area (Å²) >= 11 is 0. The lowest BCUT2D eigenvalue weighted by atomic mass is 9.82. The molecule has 4 nitrogen and oxygen atoms in total. The van der Waals surface area contributed by atoms with Crippen LogP contribution in [0.1, 0.15) is 36.1 Å². The molecule has 0 spiro atoms. The molecule has 1 fully saturated rings. The topological polar surface area (TPSA) is 52.6 Å². The highest BCUT2D eigenvalue weighted by Crippen LogP contribution is 2.41. The predicted molar refractivity (Wildman–Crippen MR) is 118 cm³/mol. The second-order valence-electron chi connectivity index (χ2n) is 8.30. The monoisotopic (exact) mass is 414 g/mol. The zero-order chi connectivity index (χ0) is 21.8. The maximum atomic E-state index is 13.7. The molecule has 4 heteroatoms. The molecule has 0 aromatic heterocycles. The highest BCUT2D eigenvalue weighted by molar-refractivity contribution is 6.13. The van der Waals surface area contributed by atoms with Crippen LogP contribution in [0.5, 0.6) is 0 Å². The van der Waals surface area contributed by atoms with Gasteiger partial charge in [-0.25, -0.2) is 4.79 Å². The molecule has 1 aliphatic rings. The fourth-order valence-electron chi connectivity index (χ4n) is 4.03. The van der Waals surface area contributed by atoms with Gasteiger partial charge in [0.05, 0.1) is 6.61 Å². The number of hydrogen-bond acceptors (Lipinski definition) is 4. The molecule has 4 rings (SSSR count). The van der Waals surface area contributed by atoms with Crippen LogP contribution >= 0.6 is 0 Å². The summed E-state index contributed by atoms with van der Waals surface area (Å²) in [4.78, 5) is 26.5.